The van der Waals surface area contributed by atoms with Gasteiger partial charge in [-0.1, -0.05) is 0 Å². The van der Waals surface area contributed by atoms with E-state index in [9.17, 15) is 0 Å². The van der Waals surface area contributed by atoms with Crippen molar-refractivity contribution in [1.82, 2.24) is 0 Å². The summed E-state index contributed by atoms with van der Waals surface area (Å²) >= 11 is 1.96. The van der Waals surface area contributed by atoms with Crippen molar-refractivity contribution in [2.75, 3.05) is 0 Å². The maximum Gasteiger partial charge on any atom is 0.334 e. The van der Waals surface area contributed by atoms with Crippen LogP contribution in [0.4, 0.5) is 5.69 Å². The molecule has 2 nitrogen and oxygen atoms in total. The van der Waals surface area contributed by atoms with Crippen LogP contribution in [0, 0.1) is 3.57 Å². The van der Waals surface area contributed by atoms with Crippen LogP contribution in [0.25, 0.3) is 0 Å². The fraction of sp³-hybridized carbons (Fsp3) is 0.125. The molecule has 0 fully saturated rings. The van der Waals surface area contributed by atoms with Gasteiger partial charge in [-0.15, -0.1) is 0 Å². The first-order chi connectivity index (χ1) is 5.18. The molecule has 1 aromatic rings. The van der Waals surface area contributed by atoms with E-state index in [1.54, 1.807) is 6.92 Å². The summed E-state index contributed by atoms with van der Waals surface area (Å²) < 4.78 is 1.22. The molecule has 0 saturated heterocycles. The number of benzene rings is 1. The Balaban J connectivity index is 2.91. The molecule has 0 spiro atoms. The summed E-state index contributed by atoms with van der Waals surface area (Å²) in [6.45, 7) is 1.61. The number of rotatable bonds is 1. The second kappa shape index (κ2) is 3.71. The predicted octanol–water partition coefficient (Wildman–Crippen LogP) is -3.17. The molecular weight excluding hydrogens is 253 g/mol. The van der Waals surface area contributed by atoms with Gasteiger partial charge in [0.2, 0.25) is 5.69 Å². The zero-order valence-electron chi connectivity index (χ0n) is 6.16. The van der Waals surface area contributed by atoms with E-state index >= 15 is 0 Å². The van der Waals surface area contributed by atoms with Crippen molar-refractivity contribution in [2.45, 2.75) is 6.92 Å². The topological polar surface area (TPSA) is 34.2 Å². The van der Waals surface area contributed by atoms with E-state index in [4.69, 9.17) is 5.11 Å². The molecule has 1 aromatic carbocycles. The maximum atomic E-state index is 8.88. The van der Waals surface area contributed by atoms with Gasteiger partial charge in [-0.05, 0) is 12.1 Å². The van der Waals surface area contributed by atoms with E-state index in [-0.39, 0.29) is 5.90 Å². The summed E-state index contributed by atoms with van der Waals surface area (Å²) in [7, 11) is 0. The average molecular weight is 263 g/mol. The smallest absolute Gasteiger partial charge is 0.334 e. The van der Waals surface area contributed by atoms with Crippen LogP contribution in [0.2, 0.25) is 0 Å². The second-order valence-corrected chi connectivity index (χ2v) is 3.58. The molecular formula is C8H10INO+2. The van der Waals surface area contributed by atoms with Crippen molar-refractivity contribution in [1.29, 1.82) is 0 Å². The Morgan fingerprint density at radius 2 is 1.91 bits per heavy atom. The molecule has 11 heavy (non-hydrogen) atoms. The van der Waals surface area contributed by atoms with Gasteiger partial charge in [-0.25, -0.2) is 0 Å². The third-order valence-electron chi connectivity index (χ3n) is 1.18. The van der Waals surface area contributed by atoms with Crippen molar-refractivity contribution < 1.29 is 32.7 Å². The molecule has 3 heteroatoms. The fourth-order valence-corrected chi connectivity index (χ4v) is 1.14. The van der Waals surface area contributed by atoms with Gasteiger partial charge in [0.15, 0.2) is 3.57 Å². The van der Waals surface area contributed by atoms with E-state index in [2.05, 4.69) is 4.99 Å². The first kappa shape index (κ1) is 8.52. The van der Waals surface area contributed by atoms with Crippen molar-refractivity contribution in [3.05, 3.63) is 27.8 Å². The highest BCUT2D eigenvalue weighted by molar-refractivity contribution is 5.65. The Labute approximate surface area is 79.1 Å². The first-order valence-corrected chi connectivity index (χ1v) is 4.41. The highest BCUT2D eigenvalue weighted by atomic mass is 127. The number of hydrogen-bond donors (Lipinski definition) is 2. The molecule has 0 atom stereocenters. The zero-order valence-corrected chi connectivity index (χ0v) is 8.50. The van der Waals surface area contributed by atoms with Crippen LogP contribution in [0.3, 0.4) is 0 Å². The molecule has 0 aliphatic rings. The molecule has 0 amide bonds. The summed E-state index contributed by atoms with van der Waals surface area (Å²) in [5, 5.41) is 8.88. The Bertz CT molecular complexity index is 262. The fourth-order valence-electron chi connectivity index (χ4n) is 0.747. The van der Waals surface area contributed by atoms with Gasteiger partial charge in [-0.3, -0.25) is 0 Å². The standard InChI is InChI=1S/C8H8INO/c1-6(11)10-8-4-2-7(9)3-5-8/h2-5,9H,1H3/p+2. The lowest BCUT2D eigenvalue weighted by Gasteiger charge is -1.83. The third kappa shape index (κ3) is 2.88. The summed E-state index contributed by atoms with van der Waals surface area (Å²) in [5.41, 5.74) is 0.914. The molecule has 0 saturated carbocycles. The average Bonchev–Trinajstić information content (AvgIpc) is 1.93. The van der Waals surface area contributed by atoms with Crippen LogP contribution in [0.5, 0.6) is 0 Å². The van der Waals surface area contributed by atoms with Crippen molar-refractivity contribution in [2.24, 2.45) is 0 Å². The zero-order chi connectivity index (χ0) is 8.27. The van der Waals surface area contributed by atoms with Crippen molar-refractivity contribution >= 4 is 11.6 Å². The number of hydrogen-bond acceptors (Lipinski definition) is 0. The summed E-state index contributed by atoms with van der Waals surface area (Å²) in [6.07, 6.45) is 0. The third-order valence-corrected chi connectivity index (χ3v) is 1.96. The van der Waals surface area contributed by atoms with Gasteiger partial charge < -0.3 is 5.11 Å². The summed E-state index contributed by atoms with van der Waals surface area (Å²) in [6, 6.07) is 7.85. The Kier molecular flexibility index (Phi) is 2.87. The Hall–Kier alpha value is -0.580. The van der Waals surface area contributed by atoms with E-state index < -0.39 is 0 Å². The summed E-state index contributed by atoms with van der Waals surface area (Å²) in [5.74, 6) is 0.217. The lowest BCUT2D eigenvalue weighted by atomic mass is 10.3. The van der Waals surface area contributed by atoms with E-state index in [0.29, 0.717) is 0 Å². The SMILES string of the molecule is CC(O)=[NH+]c1ccc([IH+])cc1. The van der Waals surface area contributed by atoms with Gasteiger partial charge in [0.1, 0.15) is 0 Å². The molecule has 0 heterocycles. The van der Waals surface area contributed by atoms with Crippen LogP contribution in [0.15, 0.2) is 24.3 Å². The lowest BCUT2D eigenvalue weighted by Crippen LogP contribution is -3.34. The molecule has 58 valence electrons. The molecule has 0 aromatic heterocycles. The maximum absolute atomic E-state index is 8.88. The molecule has 1 rings (SSSR count). The van der Waals surface area contributed by atoms with Gasteiger partial charge >= 0.3 is 5.90 Å². The number of nitrogens with one attached hydrogen (secondary N) is 1. The molecule has 0 aliphatic carbocycles. The van der Waals surface area contributed by atoms with E-state index in [1.807, 2.05) is 46.9 Å². The highest BCUT2D eigenvalue weighted by Gasteiger charge is 1.99. The largest absolute Gasteiger partial charge is 0.463 e. The molecule has 0 aliphatic heterocycles. The molecule has 2 N–H and O–H groups in total. The van der Waals surface area contributed by atoms with Crippen molar-refractivity contribution in [3.8, 4) is 0 Å². The second-order valence-electron chi connectivity index (χ2n) is 2.23. The Morgan fingerprint density at radius 3 is 2.36 bits per heavy atom. The van der Waals surface area contributed by atoms with Crippen LogP contribution in [-0.2, 0) is 0 Å². The quantitative estimate of drug-likeness (QED) is 0.313. The Morgan fingerprint density at radius 1 is 1.36 bits per heavy atom. The summed E-state index contributed by atoms with van der Waals surface area (Å²) in [4.78, 5) is 2.81. The normalized spacial score (nSPS) is 11.6. The van der Waals surface area contributed by atoms with E-state index in [0.717, 1.165) is 5.69 Å². The van der Waals surface area contributed by atoms with Gasteiger partial charge in [0.05, 0.1) is 6.92 Å². The minimum Gasteiger partial charge on any atom is -0.463 e. The number of aliphatic hydroxyl groups excluding tert-OH is 1. The van der Waals surface area contributed by atoms with Gasteiger partial charge in [0, 0.05) is 12.1 Å². The monoisotopic (exact) mass is 263 g/mol. The minimum atomic E-state index is 0.217. The van der Waals surface area contributed by atoms with Gasteiger partial charge in [0.25, 0.3) is 22.6 Å². The predicted molar refractivity (Wildman–Crippen MR) is 40.5 cm³/mol. The van der Waals surface area contributed by atoms with Crippen molar-refractivity contribution in [3.63, 3.8) is 0 Å². The molecule has 0 radical (unpaired) electrons. The first-order valence-electron chi connectivity index (χ1n) is 3.25. The van der Waals surface area contributed by atoms with Crippen LogP contribution in [-0.4, -0.2) is 11.0 Å². The number of halogens is 1. The van der Waals surface area contributed by atoms with Gasteiger partial charge in [-0.2, -0.15) is 4.99 Å². The lowest BCUT2D eigenvalue weighted by molar-refractivity contribution is -0.367. The van der Waals surface area contributed by atoms with Crippen LogP contribution in [0.1, 0.15) is 6.92 Å². The van der Waals surface area contributed by atoms with Crippen LogP contribution >= 0.6 is 0 Å². The molecule has 0 bridgehead atoms. The van der Waals surface area contributed by atoms with Crippen LogP contribution < -0.4 is 27.6 Å². The number of aliphatic hydroxyl groups is 1. The molecule has 0 unspecified atom stereocenters. The highest BCUT2D eigenvalue weighted by Crippen LogP contribution is 1.94. The minimum absolute atomic E-state index is 0.217. The van der Waals surface area contributed by atoms with E-state index in [1.165, 1.54) is 3.57 Å².